The van der Waals surface area contributed by atoms with Gasteiger partial charge in [0.2, 0.25) is 10.0 Å². The zero-order valence-corrected chi connectivity index (χ0v) is 13.4. The molecule has 0 amide bonds. The molecule has 8 heteroatoms. The molecule has 1 unspecified atom stereocenters. The number of hydrogen-bond donors (Lipinski definition) is 2. The number of nitrogens with zero attached hydrogens (tertiary/aromatic N) is 3. The van der Waals surface area contributed by atoms with Crippen LogP contribution in [0.25, 0.3) is 0 Å². The van der Waals surface area contributed by atoms with Crippen molar-refractivity contribution >= 4 is 10.0 Å². The van der Waals surface area contributed by atoms with Crippen molar-refractivity contribution in [2.45, 2.75) is 31.3 Å². The van der Waals surface area contributed by atoms with E-state index >= 15 is 0 Å². The standard InChI is InChI=1S/C12H25N5O2S/c1-5-13-6-7-17-10-12(9-14-17)20(18,19)15-8-11(2)16(3)4/h9-11,13,15H,5-8H2,1-4H3. The van der Waals surface area contributed by atoms with Crippen LogP contribution in [0.2, 0.25) is 0 Å². The van der Waals surface area contributed by atoms with Gasteiger partial charge in [0.05, 0.1) is 12.7 Å². The third-order valence-corrected chi connectivity index (χ3v) is 4.52. The summed E-state index contributed by atoms with van der Waals surface area (Å²) in [6.07, 6.45) is 2.94. The largest absolute Gasteiger partial charge is 0.315 e. The van der Waals surface area contributed by atoms with E-state index in [1.807, 2.05) is 32.8 Å². The van der Waals surface area contributed by atoms with E-state index in [0.29, 0.717) is 13.1 Å². The Hall–Kier alpha value is -0.960. The van der Waals surface area contributed by atoms with Crippen LogP contribution >= 0.6 is 0 Å². The van der Waals surface area contributed by atoms with Crippen LogP contribution in [-0.4, -0.2) is 62.9 Å². The molecule has 0 spiro atoms. The molecule has 0 aliphatic carbocycles. The number of rotatable bonds is 9. The van der Waals surface area contributed by atoms with Gasteiger partial charge in [-0.15, -0.1) is 0 Å². The molecule has 2 N–H and O–H groups in total. The lowest BCUT2D eigenvalue weighted by Crippen LogP contribution is -2.38. The number of aromatic nitrogens is 2. The van der Waals surface area contributed by atoms with Gasteiger partial charge in [-0.1, -0.05) is 6.92 Å². The van der Waals surface area contributed by atoms with Crippen LogP contribution in [0.3, 0.4) is 0 Å². The average molecular weight is 303 g/mol. The van der Waals surface area contributed by atoms with Crippen molar-refractivity contribution in [3.05, 3.63) is 12.4 Å². The topological polar surface area (TPSA) is 79.3 Å². The first kappa shape index (κ1) is 17.1. The molecule has 0 aliphatic heterocycles. The molecule has 0 aliphatic rings. The second-order valence-corrected chi connectivity index (χ2v) is 6.72. The Kier molecular flexibility index (Phi) is 6.60. The molecule has 1 atom stereocenters. The normalized spacial score (nSPS) is 13.8. The van der Waals surface area contributed by atoms with Gasteiger partial charge in [0.15, 0.2) is 0 Å². The summed E-state index contributed by atoms with van der Waals surface area (Å²) in [7, 11) is 0.350. The number of hydrogen-bond acceptors (Lipinski definition) is 5. The highest BCUT2D eigenvalue weighted by Crippen LogP contribution is 2.07. The van der Waals surface area contributed by atoms with Gasteiger partial charge in [-0.05, 0) is 27.6 Å². The van der Waals surface area contributed by atoms with Crippen molar-refractivity contribution in [2.75, 3.05) is 33.7 Å². The molecule has 1 aromatic heterocycles. The fraction of sp³-hybridized carbons (Fsp3) is 0.750. The lowest BCUT2D eigenvalue weighted by atomic mass is 10.3. The van der Waals surface area contributed by atoms with E-state index < -0.39 is 10.0 Å². The highest BCUT2D eigenvalue weighted by atomic mass is 32.2. The van der Waals surface area contributed by atoms with Gasteiger partial charge in [0.25, 0.3) is 0 Å². The molecule has 1 aromatic rings. The summed E-state index contributed by atoms with van der Waals surface area (Å²) >= 11 is 0. The van der Waals surface area contributed by atoms with Gasteiger partial charge < -0.3 is 10.2 Å². The SMILES string of the molecule is CCNCCn1cc(S(=O)(=O)NCC(C)N(C)C)cn1. The maximum atomic E-state index is 12.1. The molecule has 0 fully saturated rings. The van der Waals surface area contributed by atoms with E-state index in [2.05, 4.69) is 15.1 Å². The molecule has 0 aromatic carbocycles. The van der Waals surface area contributed by atoms with Crippen molar-refractivity contribution in [1.29, 1.82) is 0 Å². The first-order valence-corrected chi connectivity index (χ1v) is 8.24. The van der Waals surface area contributed by atoms with Crippen LogP contribution < -0.4 is 10.0 Å². The van der Waals surface area contributed by atoms with E-state index in [1.165, 1.54) is 6.20 Å². The van der Waals surface area contributed by atoms with E-state index in [4.69, 9.17) is 0 Å². The molecule has 116 valence electrons. The first-order chi connectivity index (χ1) is 9.36. The minimum atomic E-state index is -3.48. The second kappa shape index (κ2) is 7.72. The molecule has 1 rings (SSSR count). The number of nitrogens with one attached hydrogen (secondary N) is 2. The highest BCUT2D eigenvalue weighted by molar-refractivity contribution is 7.89. The minimum absolute atomic E-state index is 0.133. The minimum Gasteiger partial charge on any atom is -0.315 e. The zero-order chi connectivity index (χ0) is 15.2. The van der Waals surface area contributed by atoms with Crippen LogP contribution in [0.4, 0.5) is 0 Å². The van der Waals surface area contributed by atoms with Crippen molar-refractivity contribution in [3.8, 4) is 0 Å². The van der Waals surface area contributed by atoms with Crippen LogP contribution in [-0.2, 0) is 16.6 Å². The van der Waals surface area contributed by atoms with E-state index in [1.54, 1.807) is 10.9 Å². The van der Waals surface area contributed by atoms with Crippen molar-refractivity contribution in [3.63, 3.8) is 0 Å². The molecular formula is C12H25N5O2S. The third-order valence-electron chi connectivity index (χ3n) is 3.14. The smallest absolute Gasteiger partial charge is 0.243 e. The Bertz CT molecular complexity index is 498. The van der Waals surface area contributed by atoms with Gasteiger partial charge in [-0.2, -0.15) is 5.10 Å². The molecular weight excluding hydrogens is 278 g/mol. The van der Waals surface area contributed by atoms with Crippen LogP contribution in [0.5, 0.6) is 0 Å². The monoisotopic (exact) mass is 303 g/mol. The van der Waals surface area contributed by atoms with E-state index in [0.717, 1.165) is 13.1 Å². The predicted octanol–water partition coefficient (Wildman–Crippen LogP) is -0.279. The summed E-state index contributed by atoms with van der Waals surface area (Å²) in [6.45, 7) is 6.66. The van der Waals surface area contributed by atoms with E-state index in [9.17, 15) is 8.42 Å². The Morgan fingerprint density at radius 2 is 2.15 bits per heavy atom. The van der Waals surface area contributed by atoms with Gasteiger partial charge in [-0.25, -0.2) is 13.1 Å². The maximum absolute atomic E-state index is 12.1. The summed E-state index contributed by atoms with van der Waals surface area (Å²) in [4.78, 5) is 2.17. The van der Waals surface area contributed by atoms with Crippen molar-refractivity contribution in [2.24, 2.45) is 0 Å². The third kappa shape index (κ3) is 5.20. The Morgan fingerprint density at radius 3 is 2.75 bits per heavy atom. The molecule has 20 heavy (non-hydrogen) atoms. The summed E-state index contributed by atoms with van der Waals surface area (Å²) in [6, 6.07) is 0.133. The fourth-order valence-electron chi connectivity index (χ4n) is 1.47. The maximum Gasteiger partial charge on any atom is 0.243 e. The second-order valence-electron chi connectivity index (χ2n) is 4.96. The van der Waals surface area contributed by atoms with Gasteiger partial charge in [0, 0.05) is 25.3 Å². The predicted molar refractivity (Wildman–Crippen MR) is 79.1 cm³/mol. The van der Waals surface area contributed by atoms with Crippen molar-refractivity contribution in [1.82, 2.24) is 24.7 Å². The van der Waals surface area contributed by atoms with Gasteiger partial charge >= 0.3 is 0 Å². The molecule has 0 radical (unpaired) electrons. The lowest BCUT2D eigenvalue weighted by Gasteiger charge is -2.19. The Balaban J connectivity index is 2.59. The Labute approximate surface area is 121 Å². The zero-order valence-electron chi connectivity index (χ0n) is 12.6. The Morgan fingerprint density at radius 1 is 1.45 bits per heavy atom. The molecule has 7 nitrogen and oxygen atoms in total. The van der Waals surface area contributed by atoms with Gasteiger partial charge in [-0.3, -0.25) is 4.68 Å². The summed E-state index contributed by atoms with van der Waals surface area (Å²) in [5.74, 6) is 0. The molecule has 0 saturated carbocycles. The fourth-order valence-corrected chi connectivity index (χ4v) is 2.55. The summed E-state index contributed by atoms with van der Waals surface area (Å²) in [5, 5.41) is 7.23. The van der Waals surface area contributed by atoms with Crippen LogP contribution in [0.15, 0.2) is 17.3 Å². The van der Waals surface area contributed by atoms with Crippen molar-refractivity contribution < 1.29 is 8.42 Å². The summed E-state index contributed by atoms with van der Waals surface area (Å²) < 4.78 is 28.4. The van der Waals surface area contributed by atoms with E-state index in [-0.39, 0.29) is 10.9 Å². The highest BCUT2D eigenvalue weighted by Gasteiger charge is 2.17. The molecule has 0 bridgehead atoms. The summed E-state index contributed by atoms with van der Waals surface area (Å²) in [5.41, 5.74) is 0. The van der Waals surface area contributed by atoms with Crippen LogP contribution in [0.1, 0.15) is 13.8 Å². The van der Waals surface area contributed by atoms with Crippen LogP contribution in [0, 0.1) is 0 Å². The number of sulfonamides is 1. The molecule has 0 saturated heterocycles. The molecule has 1 heterocycles. The quantitative estimate of drug-likeness (QED) is 0.614. The first-order valence-electron chi connectivity index (χ1n) is 6.76. The lowest BCUT2D eigenvalue weighted by molar-refractivity contribution is 0.314. The number of likely N-dealkylation sites (N-methyl/N-ethyl adjacent to an activating group) is 2. The van der Waals surface area contributed by atoms with Gasteiger partial charge in [0.1, 0.15) is 4.90 Å². The average Bonchev–Trinajstić information content (AvgIpc) is 2.86.